The Morgan fingerprint density at radius 3 is 2.57 bits per heavy atom. The van der Waals surface area contributed by atoms with Crippen LogP contribution in [-0.4, -0.2) is 10.7 Å². The lowest BCUT2D eigenvalue weighted by Crippen LogP contribution is -2.50. The van der Waals surface area contributed by atoms with Crippen LogP contribution in [0.3, 0.4) is 0 Å². The number of nitrogens with zero attached hydrogens (tertiary/aromatic N) is 1. The number of hydrogen-bond donors (Lipinski definition) is 1. The molecule has 0 aliphatic heterocycles. The Morgan fingerprint density at radius 2 is 1.93 bits per heavy atom. The highest BCUT2D eigenvalue weighted by atomic mass is 16.3. The maximum absolute atomic E-state index is 10.3. The summed E-state index contributed by atoms with van der Waals surface area (Å²) in [4.78, 5) is 0. The average Bonchev–Trinajstić information content (AvgIpc) is 2.17. The first-order chi connectivity index (χ1) is 6.61. The summed E-state index contributed by atoms with van der Waals surface area (Å²) in [7, 11) is 0. The second kappa shape index (κ2) is 3.24. The Bertz CT molecular complexity index is 262. The predicted octanol–water partition coefficient (Wildman–Crippen LogP) is 2.62. The Labute approximate surface area is 85.9 Å². The Kier molecular flexibility index (Phi) is 2.31. The van der Waals surface area contributed by atoms with E-state index in [0.29, 0.717) is 0 Å². The molecule has 0 aromatic carbocycles. The van der Waals surface area contributed by atoms with Crippen molar-refractivity contribution in [2.75, 3.05) is 0 Å². The zero-order valence-electron chi connectivity index (χ0n) is 8.92. The number of fused-ring (bicyclic) bond motifs is 1. The summed E-state index contributed by atoms with van der Waals surface area (Å²) in [6, 6.07) is 2.51. The molecule has 2 rings (SSSR count). The molecule has 2 heteroatoms. The van der Waals surface area contributed by atoms with E-state index in [2.05, 4.69) is 6.07 Å². The molecule has 2 fully saturated rings. The summed E-state index contributed by atoms with van der Waals surface area (Å²) in [6.45, 7) is 1.92. The third-order valence-corrected chi connectivity index (χ3v) is 4.31. The molecule has 3 atom stereocenters. The lowest BCUT2D eigenvalue weighted by molar-refractivity contribution is -0.0985. The van der Waals surface area contributed by atoms with Crippen LogP contribution in [0.2, 0.25) is 0 Å². The first-order valence-electron chi connectivity index (χ1n) is 5.74. The topological polar surface area (TPSA) is 44.0 Å². The highest BCUT2D eigenvalue weighted by Crippen LogP contribution is 2.53. The summed E-state index contributed by atoms with van der Waals surface area (Å²) in [5.41, 5.74) is -0.783. The third kappa shape index (κ3) is 1.35. The van der Waals surface area contributed by atoms with Crippen LogP contribution in [-0.2, 0) is 0 Å². The van der Waals surface area contributed by atoms with Crippen molar-refractivity contribution in [2.45, 2.75) is 57.5 Å². The van der Waals surface area contributed by atoms with Crippen LogP contribution in [0.15, 0.2) is 0 Å². The zero-order valence-corrected chi connectivity index (χ0v) is 8.92. The minimum Gasteiger partial charge on any atom is -0.390 e. The van der Waals surface area contributed by atoms with Gasteiger partial charge in [0.1, 0.15) is 0 Å². The maximum Gasteiger partial charge on any atom is 0.0693 e. The van der Waals surface area contributed by atoms with Crippen molar-refractivity contribution in [3.63, 3.8) is 0 Å². The lowest BCUT2D eigenvalue weighted by Gasteiger charge is -2.50. The number of rotatable bonds is 0. The van der Waals surface area contributed by atoms with Gasteiger partial charge in [-0.15, -0.1) is 0 Å². The molecule has 0 spiro atoms. The summed E-state index contributed by atoms with van der Waals surface area (Å²) in [6.07, 6.45) is 7.29. The molecule has 2 aliphatic rings. The molecule has 14 heavy (non-hydrogen) atoms. The molecule has 0 bridgehead atoms. The van der Waals surface area contributed by atoms with Gasteiger partial charge in [0.2, 0.25) is 0 Å². The monoisotopic (exact) mass is 193 g/mol. The largest absolute Gasteiger partial charge is 0.390 e. The molecular formula is C12H19NO. The molecule has 0 heterocycles. The number of aliphatic hydroxyl groups is 1. The Balaban J connectivity index is 2.30. The molecule has 0 aromatic heterocycles. The van der Waals surface area contributed by atoms with Gasteiger partial charge < -0.3 is 5.11 Å². The summed E-state index contributed by atoms with van der Waals surface area (Å²) < 4.78 is 0. The molecule has 0 saturated heterocycles. The van der Waals surface area contributed by atoms with Crippen molar-refractivity contribution in [3.05, 3.63) is 0 Å². The normalized spacial score (nSPS) is 47.9. The van der Waals surface area contributed by atoms with Gasteiger partial charge in [-0.05, 0) is 39.0 Å². The fourth-order valence-corrected chi connectivity index (χ4v) is 3.57. The van der Waals surface area contributed by atoms with E-state index in [-0.39, 0.29) is 11.3 Å². The van der Waals surface area contributed by atoms with Gasteiger partial charge in [-0.3, -0.25) is 0 Å². The highest BCUT2D eigenvalue weighted by molar-refractivity contribution is 5.11. The first-order valence-corrected chi connectivity index (χ1v) is 5.74. The van der Waals surface area contributed by atoms with Crippen molar-refractivity contribution in [1.29, 1.82) is 5.26 Å². The second-order valence-electron chi connectivity index (χ2n) is 5.28. The Morgan fingerprint density at radius 1 is 1.21 bits per heavy atom. The SMILES string of the molecule is C[C@@]1(O)CCC[C@@]2(C#N)CCCC[C@@H]21. The van der Waals surface area contributed by atoms with E-state index in [0.717, 1.165) is 32.1 Å². The van der Waals surface area contributed by atoms with Gasteiger partial charge in [0.15, 0.2) is 0 Å². The Hall–Kier alpha value is -0.550. The van der Waals surface area contributed by atoms with Crippen LogP contribution in [0, 0.1) is 22.7 Å². The zero-order chi connectivity index (χ0) is 10.2. The fourth-order valence-electron chi connectivity index (χ4n) is 3.57. The lowest BCUT2D eigenvalue weighted by atomic mass is 9.55. The number of hydrogen-bond acceptors (Lipinski definition) is 2. The van der Waals surface area contributed by atoms with Gasteiger partial charge in [-0.1, -0.05) is 12.8 Å². The molecule has 0 unspecified atom stereocenters. The third-order valence-electron chi connectivity index (χ3n) is 4.31. The van der Waals surface area contributed by atoms with E-state index in [1.54, 1.807) is 0 Å². The summed E-state index contributed by atoms with van der Waals surface area (Å²) in [5.74, 6) is 0.225. The molecule has 1 N–H and O–H groups in total. The van der Waals surface area contributed by atoms with Gasteiger partial charge >= 0.3 is 0 Å². The molecule has 0 amide bonds. The van der Waals surface area contributed by atoms with E-state index in [1.807, 2.05) is 6.92 Å². The minimum absolute atomic E-state index is 0.194. The molecule has 2 aliphatic carbocycles. The van der Waals surface area contributed by atoms with E-state index >= 15 is 0 Å². The van der Waals surface area contributed by atoms with Crippen LogP contribution in [0.1, 0.15) is 51.9 Å². The highest BCUT2D eigenvalue weighted by Gasteiger charge is 2.51. The molecule has 0 radical (unpaired) electrons. The van der Waals surface area contributed by atoms with Crippen molar-refractivity contribution >= 4 is 0 Å². The van der Waals surface area contributed by atoms with Crippen LogP contribution in [0.25, 0.3) is 0 Å². The van der Waals surface area contributed by atoms with Gasteiger partial charge in [0, 0.05) is 5.92 Å². The van der Waals surface area contributed by atoms with Gasteiger partial charge in [0.05, 0.1) is 17.1 Å². The standard InChI is InChI=1S/C12H19NO/c1-11(14)6-4-8-12(9-13)7-3-2-5-10(11)12/h10,14H,2-8H2,1H3/t10-,11-,12-/m1/s1. The first kappa shape index (κ1) is 9.98. The molecule has 0 aromatic rings. The molecule has 2 nitrogen and oxygen atoms in total. The predicted molar refractivity (Wildman–Crippen MR) is 54.5 cm³/mol. The molecule has 2 saturated carbocycles. The van der Waals surface area contributed by atoms with E-state index in [9.17, 15) is 10.4 Å². The van der Waals surface area contributed by atoms with Crippen molar-refractivity contribution in [1.82, 2.24) is 0 Å². The van der Waals surface area contributed by atoms with Crippen molar-refractivity contribution in [3.8, 4) is 6.07 Å². The van der Waals surface area contributed by atoms with E-state index in [1.165, 1.54) is 12.8 Å². The molecular weight excluding hydrogens is 174 g/mol. The maximum atomic E-state index is 10.3. The van der Waals surface area contributed by atoms with Crippen molar-refractivity contribution < 1.29 is 5.11 Å². The quantitative estimate of drug-likeness (QED) is 0.642. The second-order valence-corrected chi connectivity index (χ2v) is 5.28. The average molecular weight is 193 g/mol. The fraction of sp³-hybridized carbons (Fsp3) is 0.917. The summed E-state index contributed by atoms with van der Waals surface area (Å²) >= 11 is 0. The van der Waals surface area contributed by atoms with Gasteiger partial charge in [0.25, 0.3) is 0 Å². The minimum atomic E-state index is -0.589. The van der Waals surface area contributed by atoms with E-state index in [4.69, 9.17) is 0 Å². The van der Waals surface area contributed by atoms with Crippen LogP contribution in [0.5, 0.6) is 0 Å². The molecule has 78 valence electrons. The summed E-state index contributed by atoms with van der Waals surface area (Å²) in [5, 5.41) is 19.7. The van der Waals surface area contributed by atoms with Crippen LogP contribution < -0.4 is 0 Å². The van der Waals surface area contributed by atoms with Crippen LogP contribution >= 0.6 is 0 Å². The number of nitriles is 1. The smallest absolute Gasteiger partial charge is 0.0693 e. The van der Waals surface area contributed by atoms with Gasteiger partial charge in [-0.2, -0.15) is 5.26 Å². The van der Waals surface area contributed by atoms with Gasteiger partial charge in [-0.25, -0.2) is 0 Å². The van der Waals surface area contributed by atoms with Crippen LogP contribution in [0.4, 0.5) is 0 Å². The van der Waals surface area contributed by atoms with Crippen molar-refractivity contribution in [2.24, 2.45) is 11.3 Å². The van der Waals surface area contributed by atoms with E-state index < -0.39 is 5.60 Å².